The first-order valence-electron chi connectivity index (χ1n) is 12.6. The van der Waals surface area contributed by atoms with Gasteiger partial charge in [0.2, 0.25) is 5.60 Å². The fourth-order valence-corrected chi connectivity index (χ4v) is 5.37. The number of carbonyl (C=O) groups is 2. The van der Waals surface area contributed by atoms with Crippen molar-refractivity contribution in [3.8, 4) is 5.75 Å². The van der Waals surface area contributed by atoms with Crippen LogP contribution in [0, 0.1) is 11.6 Å². The maximum atomic E-state index is 14.0. The average Bonchev–Trinajstić information content (AvgIpc) is 2.81. The molecule has 188 valence electrons. The van der Waals surface area contributed by atoms with E-state index in [1.165, 1.54) is 13.3 Å². The quantitative estimate of drug-likeness (QED) is 0.491. The van der Waals surface area contributed by atoms with Crippen LogP contribution in [0.25, 0.3) is 0 Å². The fraction of sp³-hybridized carbons (Fsp3) is 0.500. The number of hydrogen-bond acceptors (Lipinski definition) is 3. The monoisotopic (exact) mass is 484 g/mol. The largest absolute Gasteiger partial charge is 0.471 e. The summed E-state index contributed by atoms with van der Waals surface area (Å²) in [6.07, 6.45) is 6.11. The molecule has 1 atom stereocenters. The maximum Gasteiger partial charge on any atom is 0.275 e. The lowest BCUT2D eigenvalue weighted by Gasteiger charge is -2.41. The molecule has 0 radical (unpaired) electrons. The molecule has 2 aromatic rings. The van der Waals surface area contributed by atoms with Gasteiger partial charge < -0.3 is 14.5 Å². The Morgan fingerprint density at radius 2 is 1.77 bits per heavy atom. The maximum absolute atomic E-state index is 14.0. The summed E-state index contributed by atoms with van der Waals surface area (Å²) >= 11 is 0. The predicted octanol–water partition coefficient (Wildman–Crippen LogP) is 6.20. The van der Waals surface area contributed by atoms with Crippen molar-refractivity contribution in [2.45, 2.75) is 83.9 Å². The molecule has 1 fully saturated rings. The van der Waals surface area contributed by atoms with E-state index in [1.54, 1.807) is 23.1 Å². The Hall–Kier alpha value is -2.96. The number of amides is 2. The van der Waals surface area contributed by atoms with Crippen molar-refractivity contribution < 1.29 is 23.1 Å². The van der Waals surface area contributed by atoms with Crippen LogP contribution in [0.4, 0.5) is 14.5 Å². The lowest BCUT2D eigenvalue weighted by molar-refractivity contribution is -0.135. The predicted molar refractivity (Wildman–Crippen MR) is 132 cm³/mol. The molecule has 7 heteroatoms. The van der Waals surface area contributed by atoms with Gasteiger partial charge in [0.15, 0.2) is 0 Å². The van der Waals surface area contributed by atoms with Crippen LogP contribution in [0.15, 0.2) is 36.4 Å². The van der Waals surface area contributed by atoms with Gasteiger partial charge in [-0.05, 0) is 70.4 Å². The van der Waals surface area contributed by atoms with Crippen LogP contribution >= 0.6 is 0 Å². The molecule has 1 aliphatic heterocycles. The van der Waals surface area contributed by atoms with Gasteiger partial charge in [-0.25, -0.2) is 8.78 Å². The van der Waals surface area contributed by atoms with E-state index in [9.17, 15) is 18.4 Å². The van der Waals surface area contributed by atoms with Crippen molar-refractivity contribution in [2.75, 3.05) is 11.4 Å². The molecule has 2 aromatic carbocycles. The van der Waals surface area contributed by atoms with E-state index in [-0.39, 0.29) is 23.6 Å². The number of anilines is 1. The number of benzene rings is 2. The minimum absolute atomic E-state index is 0.0532. The van der Waals surface area contributed by atoms with Crippen molar-refractivity contribution >= 4 is 17.5 Å². The SMILES string of the molecule is CCCN1C(=O)C(C)(c2cc(F)cc(F)c2)Oc2ccc(C(=O)N(C(C)C)C3CCCCC3)cc21. The zero-order valence-corrected chi connectivity index (χ0v) is 20.9. The molecule has 1 heterocycles. The Bertz CT molecular complexity index is 1090. The van der Waals surface area contributed by atoms with Crippen LogP contribution in [-0.4, -0.2) is 35.3 Å². The van der Waals surface area contributed by atoms with Crippen LogP contribution in [0.2, 0.25) is 0 Å². The van der Waals surface area contributed by atoms with E-state index in [0.717, 1.165) is 43.9 Å². The summed E-state index contributed by atoms with van der Waals surface area (Å²) in [5.41, 5.74) is -0.483. The van der Waals surface area contributed by atoms with Crippen LogP contribution in [0.5, 0.6) is 5.75 Å². The van der Waals surface area contributed by atoms with E-state index >= 15 is 0 Å². The smallest absolute Gasteiger partial charge is 0.275 e. The molecule has 35 heavy (non-hydrogen) atoms. The number of fused-ring (bicyclic) bond motifs is 1. The number of ether oxygens (including phenoxy) is 1. The van der Waals surface area contributed by atoms with Gasteiger partial charge in [-0.3, -0.25) is 9.59 Å². The van der Waals surface area contributed by atoms with E-state index in [4.69, 9.17) is 4.74 Å². The van der Waals surface area contributed by atoms with Crippen LogP contribution in [-0.2, 0) is 10.4 Å². The average molecular weight is 485 g/mol. The van der Waals surface area contributed by atoms with Crippen molar-refractivity contribution in [2.24, 2.45) is 0 Å². The van der Waals surface area contributed by atoms with E-state index in [2.05, 4.69) is 0 Å². The molecule has 1 saturated carbocycles. The molecule has 0 aromatic heterocycles. The third-order valence-electron chi connectivity index (χ3n) is 7.08. The molecular formula is C28H34F2N2O3. The van der Waals surface area contributed by atoms with Gasteiger partial charge in [-0.2, -0.15) is 0 Å². The third kappa shape index (κ3) is 4.78. The highest BCUT2D eigenvalue weighted by atomic mass is 19.1. The zero-order chi connectivity index (χ0) is 25.3. The Balaban J connectivity index is 1.73. The summed E-state index contributed by atoms with van der Waals surface area (Å²) in [7, 11) is 0. The first-order chi connectivity index (χ1) is 16.7. The van der Waals surface area contributed by atoms with Gasteiger partial charge >= 0.3 is 0 Å². The molecule has 5 nitrogen and oxygen atoms in total. The number of nitrogens with zero attached hydrogens (tertiary/aromatic N) is 2. The minimum atomic E-state index is -1.59. The van der Waals surface area contributed by atoms with Crippen molar-refractivity contribution in [3.63, 3.8) is 0 Å². The molecule has 0 bridgehead atoms. The number of halogens is 2. The number of carbonyl (C=O) groups excluding carboxylic acids is 2. The lowest BCUT2D eigenvalue weighted by atomic mass is 9.91. The van der Waals surface area contributed by atoms with Gasteiger partial charge in [-0.15, -0.1) is 0 Å². The van der Waals surface area contributed by atoms with Gasteiger partial charge in [0.25, 0.3) is 11.8 Å². The molecule has 0 saturated heterocycles. The molecule has 1 aliphatic carbocycles. The Morgan fingerprint density at radius 3 is 2.37 bits per heavy atom. The number of hydrogen-bond donors (Lipinski definition) is 0. The molecule has 1 unspecified atom stereocenters. The second-order valence-corrected chi connectivity index (χ2v) is 10.0. The minimum Gasteiger partial charge on any atom is -0.471 e. The van der Waals surface area contributed by atoms with Crippen LogP contribution in [0.3, 0.4) is 0 Å². The first kappa shape index (κ1) is 25.1. The van der Waals surface area contributed by atoms with Crippen molar-refractivity contribution in [1.82, 2.24) is 4.90 Å². The van der Waals surface area contributed by atoms with Crippen LogP contribution < -0.4 is 9.64 Å². The zero-order valence-electron chi connectivity index (χ0n) is 20.9. The van der Waals surface area contributed by atoms with E-state index in [0.29, 0.717) is 30.0 Å². The highest BCUT2D eigenvalue weighted by Gasteiger charge is 2.46. The normalized spacial score (nSPS) is 20.5. The van der Waals surface area contributed by atoms with Gasteiger partial charge in [-0.1, -0.05) is 26.2 Å². The summed E-state index contributed by atoms with van der Waals surface area (Å²) in [6.45, 7) is 7.92. The second kappa shape index (κ2) is 9.96. The third-order valence-corrected chi connectivity index (χ3v) is 7.08. The summed E-state index contributed by atoms with van der Waals surface area (Å²) in [5, 5.41) is 0. The highest BCUT2D eigenvalue weighted by molar-refractivity contribution is 6.05. The standard InChI is InChI=1S/C28H34F2N2O3/c1-5-13-31-24-14-19(26(33)32(18(2)3)23-9-7-6-8-10-23)11-12-25(24)35-28(4,27(31)34)20-15-21(29)17-22(30)16-20/h11-12,14-18,23H,5-10,13H2,1-4H3. The lowest BCUT2D eigenvalue weighted by Crippen LogP contribution is -2.52. The summed E-state index contributed by atoms with van der Waals surface area (Å²) in [5.74, 6) is -1.63. The first-order valence-corrected chi connectivity index (χ1v) is 12.6. The molecule has 0 N–H and O–H groups in total. The summed E-state index contributed by atoms with van der Waals surface area (Å²) in [6, 6.07) is 8.40. The van der Waals surface area contributed by atoms with Gasteiger partial charge in [0.05, 0.1) is 5.69 Å². The highest BCUT2D eigenvalue weighted by Crippen LogP contribution is 2.43. The Morgan fingerprint density at radius 1 is 1.11 bits per heavy atom. The topological polar surface area (TPSA) is 49.9 Å². The van der Waals surface area contributed by atoms with Crippen molar-refractivity contribution in [3.05, 3.63) is 59.2 Å². The second-order valence-electron chi connectivity index (χ2n) is 10.0. The van der Waals surface area contributed by atoms with Crippen molar-refractivity contribution in [1.29, 1.82) is 0 Å². The summed E-state index contributed by atoms with van der Waals surface area (Å²) in [4.78, 5) is 30.8. The summed E-state index contributed by atoms with van der Waals surface area (Å²) < 4.78 is 34.1. The van der Waals surface area contributed by atoms with Crippen LogP contribution in [0.1, 0.15) is 82.1 Å². The molecular weight excluding hydrogens is 450 g/mol. The number of rotatable bonds is 6. The molecule has 2 aliphatic rings. The van der Waals surface area contributed by atoms with E-state index < -0.39 is 23.1 Å². The Kier molecular flexibility index (Phi) is 7.15. The molecule has 4 rings (SSSR count). The fourth-order valence-electron chi connectivity index (χ4n) is 5.37. The van der Waals surface area contributed by atoms with E-state index in [1.807, 2.05) is 25.7 Å². The molecule has 0 spiro atoms. The Labute approximate surface area is 206 Å². The van der Waals surface area contributed by atoms with Gasteiger partial charge in [0.1, 0.15) is 17.4 Å². The van der Waals surface area contributed by atoms with Gasteiger partial charge in [0, 0.05) is 35.8 Å². The molecule has 2 amide bonds.